The van der Waals surface area contributed by atoms with E-state index in [1.54, 1.807) is 6.92 Å². The number of H-pyrrole nitrogens is 2. The highest BCUT2D eigenvalue weighted by Crippen LogP contribution is 2.09. The molecule has 0 fully saturated rings. The SMILES string of the molecule is C[C@H](NC(=O)CCCOc1ccccc1)c1n[nH]c(=O)[nH]1. The Balaban J connectivity index is 1.67. The van der Waals surface area contributed by atoms with Crippen molar-refractivity contribution in [1.29, 1.82) is 0 Å². The van der Waals surface area contributed by atoms with E-state index in [-0.39, 0.29) is 17.6 Å². The standard InChI is InChI=1S/C14H18N4O3/c1-10(13-16-14(20)18-17-13)15-12(19)8-5-9-21-11-6-3-2-4-7-11/h2-4,6-7,10H,5,8-9H2,1H3,(H,15,19)(H2,16,17,18,20)/t10-/m0/s1. The van der Waals surface area contributed by atoms with Gasteiger partial charge in [-0.15, -0.1) is 0 Å². The Morgan fingerprint density at radius 1 is 1.38 bits per heavy atom. The van der Waals surface area contributed by atoms with Gasteiger partial charge in [0, 0.05) is 6.42 Å². The minimum Gasteiger partial charge on any atom is -0.494 e. The summed E-state index contributed by atoms with van der Waals surface area (Å²) in [5.74, 6) is 1.09. The number of nitrogens with zero attached hydrogens (tertiary/aromatic N) is 1. The minimum atomic E-state index is -0.387. The van der Waals surface area contributed by atoms with Gasteiger partial charge in [0.25, 0.3) is 0 Å². The Morgan fingerprint density at radius 2 is 2.14 bits per heavy atom. The van der Waals surface area contributed by atoms with Crippen LogP contribution in [0.4, 0.5) is 0 Å². The third-order valence-corrected chi connectivity index (χ3v) is 2.87. The lowest BCUT2D eigenvalue weighted by atomic mass is 10.2. The van der Waals surface area contributed by atoms with E-state index in [1.165, 1.54) is 0 Å². The Labute approximate surface area is 121 Å². The van der Waals surface area contributed by atoms with Crippen LogP contribution in [0.2, 0.25) is 0 Å². The Bertz CT molecular complexity index is 620. The Morgan fingerprint density at radius 3 is 2.81 bits per heavy atom. The van der Waals surface area contributed by atoms with Gasteiger partial charge in [-0.05, 0) is 25.5 Å². The maximum absolute atomic E-state index is 11.7. The molecule has 0 aliphatic heterocycles. The van der Waals surface area contributed by atoms with Crippen molar-refractivity contribution in [2.75, 3.05) is 6.61 Å². The van der Waals surface area contributed by atoms with E-state index in [0.717, 1.165) is 5.75 Å². The molecule has 21 heavy (non-hydrogen) atoms. The molecule has 0 aliphatic rings. The number of benzene rings is 1. The highest BCUT2D eigenvalue weighted by Gasteiger charge is 2.12. The van der Waals surface area contributed by atoms with Crippen LogP contribution in [-0.2, 0) is 4.79 Å². The van der Waals surface area contributed by atoms with Gasteiger partial charge in [-0.3, -0.25) is 9.78 Å². The molecule has 1 amide bonds. The smallest absolute Gasteiger partial charge is 0.340 e. The Kier molecular flexibility index (Phi) is 5.14. The number of aromatic nitrogens is 3. The second-order valence-corrected chi connectivity index (χ2v) is 4.62. The number of rotatable bonds is 7. The van der Waals surface area contributed by atoms with Gasteiger partial charge in [0.15, 0.2) is 5.82 Å². The number of hydrogen-bond donors (Lipinski definition) is 3. The molecule has 0 spiro atoms. The first-order chi connectivity index (χ1) is 10.1. The molecule has 0 bridgehead atoms. The number of ether oxygens (including phenoxy) is 1. The normalized spacial score (nSPS) is 11.9. The van der Waals surface area contributed by atoms with Crippen LogP contribution in [0.25, 0.3) is 0 Å². The van der Waals surface area contributed by atoms with Crippen molar-refractivity contribution < 1.29 is 9.53 Å². The molecule has 1 aromatic heterocycles. The second-order valence-electron chi connectivity index (χ2n) is 4.62. The van der Waals surface area contributed by atoms with E-state index in [9.17, 15) is 9.59 Å². The highest BCUT2D eigenvalue weighted by atomic mass is 16.5. The molecular formula is C14H18N4O3. The lowest BCUT2D eigenvalue weighted by molar-refractivity contribution is -0.122. The molecule has 0 saturated carbocycles. The van der Waals surface area contributed by atoms with Gasteiger partial charge in [-0.2, -0.15) is 5.10 Å². The second kappa shape index (κ2) is 7.28. The van der Waals surface area contributed by atoms with Crippen molar-refractivity contribution in [1.82, 2.24) is 20.5 Å². The molecule has 0 aliphatic carbocycles. The van der Waals surface area contributed by atoms with Crippen LogP contribution < -0.4 is 15.7 Å². The zero-order valence-electron chi connectivity index (χ0n) is 11.8. The molecule has 0 radical (unpaired) electrons. The molecule has 7 heteroatoms. The number of carbonyl (C=O) groups is 1. The monoisotopic (exact) mass is 290 g/mol. The molecule has 2 rings (SSSR count). The highest BCUT2D eigenvalue weighted by molar-refractivity contribution is 5.76. The summed E-state index contributed by atoms with van der Waals surface area (Å²) in [5, 5.41) is 8.79. The lowest BCUT2D eigenvalue weighted by Crippen LogP contribution is -2.27. The van der Waals surface area contributed by atoms with E-state index < -0.39 is 0 Å². The van der Waals surface area contributed by atoms with Crippen LogP contribution in [0.3, 0.4) is 0 Å². The fraction of sp³-hybridized carbons (Fsp3) is 0.357. The summed E-state index contributed by atoms with van der Waals surface area (Å²) in [6.45, 7) is 2.23. The van der Waals surface area contributed by atoms with Gasteiger partial charge in [0.05, 0.1) is 12.6 Å². The van der Waals surface area contributed by atoms with Crippen LogP contribution in [0.1, 0.15) is 31.6 Å². The summed E-state index contributed by atoms with van der Waals surface area (Å²) in [7, 11) is 0. The number of para-hydroxylation sites is 1. The first kappa shape index (κ1) is 14.8. The van der Waals surface area contributed by atoms with Crippen molar-refractivity contribution in [3.05, 3.63) is 46.6 Å². The number of carbonyl (C=O) groups excluding carboxylic acids is 1. The van der Waals surface area contributed by atoms with Crippen molar-refractivity contribution in [2.45, 2.75) is 25.8 Å². The van der Waals surface area contributed by atoms with Crippen molar-refractivity contribution in [3.8, 4) is 5.75 Å². The maximum Gasteiger partial charge on any atom is 0.340 e. The van der Waals surface area contributed by atoms with Gasteiger partial charge in [-0.25, -0.2) is 9.89 Å². The lowest BCUT2D eigenvalue weighted by Gasteiger charge is -2.11. The molecule has 0 saturated heterocycles. The van der Waals surface area contributed by atoms with Gasteiger partial charge in [-0.1, -0.05) is 18.2 Å². The minimum absolute atomic E-state index is 0.108. The fourth-order valence-electron chi connectivity index (χ4n) is 1.81. The summed E-state index contributed by atoms with van der Waals surface area (Å²) >= 11 is 0. The predicted molar refractivity (Wildman–Crippen MR) is 76.9 cm³/mol. The summed E-state index contributed by atoms with van der Waals surface area (Å²) in [6, 6.07) is 9.11. The molecule has 112 valence electrons. The molecule has 1 heterocycles. The van der Waals surface area contributed by atoms with Crippen LogP contribution in [0.15, 0.2) is 35.1 Å². The first-order valence-corrected chi connectivity index (χ1v) is 6.77. The van der Waals surface area contributed by atoms with Crippen LogP contribution in [0, 0.1) is 0 Å². The predicted octanol–water partition coefficient (Wildman–Crippen LogP) is 1.13. The number of aromatic amines is 2. The third-order valence-electron chi connectivity index (χ3n) is 2.87. The summed E-state index contributed by atoms with van der Waals surface area (Å²) in [6.07, 6.45) is 0.969. The molecule has 1 aromatic carbocycles. The van der Waals surface area contributed by atoms with Gasteiger partial charge in [0.2, 0.25) is 5.91 Å². The Hall–Kier alpha value is -2.57. The molecule has 3 N–H and O–H groups in total. The van der Waals surface area contributed by atoms with Gasteiger partial charge < -0.3 is 10.1 Å². The van der Waals surface area contributed by atoms with E-state index in [0.29, 0.717) is 25.3 Å². The molecular weight excluding hydrogens is 272 g/mol. The molecule has 2 aromatic rings. The summed E-state index contributed by atoms with van der Waals surface area (Å²) in [4.78, 5) is 25.2. The van der Waals surface area contributed by atoms with E-state index in [1.807, 2.05) is 30.3 Å². The number of amides is 1. The summed E-state index contributed by atoms with van der Waals surface area (Å²) < 4.78 is 5.50. The molecule has 1 atom stereocenters. The maximum atomic E-state index is 11.7. The quantitative estimate of drug-likeness (QED) is 0.666. The molecule has 7 nitrogen and oxygen atoms in total. The van der Waals surface area contributed by atoms with Gasteiger partial charge in [0.1, 0.15) is 5.75 Å². The number of nitrogens with one attached hydrogen (secondary N) is 3. The average Bonchev–Trinajstić information content (AvgIpc) is 2.91. The zero-order chi connectivity index (χ0) is 15.1. The van der Waals surface area contributed by atoms with Crippen molar-refractivity contribution >= 4 is 5.91 Å². The van der Waals surface area contributed by atoms with Crippen molar-refractivity contribution in [2.24, 2.45) is 0 Å². The zero-order valence-corrected chi connectivity index (χ0v) is 11.8. The first-order valence-electron chi connectivity index (χ1n) is 6.77. The van der Waals surface area contributed by atoms with Crippen molar-refractivity contribution in [3.63, 3.8) is 0 Å². The van der Waals surface area contributed by atoms with Crippen LogP contribution in [0.5, 0.6) is 5.75 Å². The van der Waals surface area contributed by atoms with Crippen LogP contribution in [-0.4, -0.2) is 27.7 Å². The molecule has 0 unspecified atom stereocenters. The van der Waals surface area contributed by atoms with Crippen LogP contribution >= 0.6 is 0 Å². The fourth-order valence-corrected chi connectivity index (χ4v) is 1.81. The summed E-state index contributed by atoms with van der Waals surface area (Å²) in [5.41, 5.74) is -0.387. The third kappa shape index (κ3) is 4.79. The van der Waals surface area contributed by atoms with E-state index >= 15 is 0 Å². The van der Waals surface area contributed by atoms with E-state index in [2.05, 4.69) is 20.5 Å². The topological polar surface area (TPSA) is 99.9 Å². The largest absolute Gasteiger partial charge is 0.494 e. The number of hydrogen-bond acceptors (Lipinski definition) is 4. The van der Waals surface area contributed by atoms with E-state index in [4.69, 9.17) is 4.74 Å². The average molecular weight is 290 g/mol. The van der Waals surface area contributed by atoms with Gasteiger partial charge >= 0.3 is 5.69 Å².